The fraction of sp³-hybridized carbons (Fsp3) is 0.217. The quantitative estimate of drug-likeness (QED) is 0.387. The van der Waals surface area contributed by atoms with Crippen LogP contribution in [0, 0.1) is 0 Å². The minimum Gasteiger partial charge on any atom is -0.490 e. The highest BCUT2D eigenvalue weighted by molar-refractivity contribution is 6.30. The highest BCUT2D eigenvalue weighted by Crippen LogP contribution is 2.34. The van der Waals surface area contributed by atoms with Crippen molar-refractivity contribution in [1.82, 2.24) is 20.8 Å². The van der Waals surface area contributed by atoms with Crippen molar-refractivity contribution < 1.29 is 18.7 Å². The van der Waals surface area contributed by atoms with Gasteiger partial charge in [0, 0.05) is 28.9 Å². The Morgan fingerprint density at radius 2 is 1.91 bits per heavy atom. The second-order valence-electron chi connectivity index (χ2n) is 7.16. The lowest BCUT2D eigenvalue weighted by Gasteiger charge is -2.12. The topological polar surface area (TPSA) is 106 Å². The lowest BCUT2D eigenvalue weighted by molar-refractivity contribution is -0.105. The molecule has 3 aromatic rings. The van der Waals surface area contributed by atoms with Gasteiger partial charge < -0.3 is 19.8 Å². The minimum absolute atomic E-state index is 0.0515. The van der Waals surface area contributed by atoms with Crippen LogP contribution in [-0.4, -0.2) is 35.5 Å². The summed E-state index contributed by atoms with van der Waals surface area (Å²) in [5.74, 6) is 0.595. The van der Waals surface area contributed by atoms with E-state index in [1.807, 2.05) is 13.8 Å². The maximum absolute atomic E-state index is 12.6. The molecule has 0 unspecified atom stereocenters. The number of ether oxygens (including phenoxy) is 1. The molecule has 0 fully saturated rings. The zero-order chi connectivity index (χ0) is 23.3. The third-order valence-corrected chi connectivity index (χ3v) is 4.71. The number of benzene rings is 2. The maximum Gasteiger partial charge on any atom is 0.255 e. The summed E-state index contributed by atoms with van der Waals surface area (Å²) in [6.45, 7) is 5.52. The van der Waals surface area contributed by atoms with Crippen molar-refractivity contribution in [2.75, 3.05) is 7.05 Å². The number of nitrogens with zero attached hydrogens (tertiary/aromatic N) is 2. The summed E-state index contributed by atoms with van der Waals surface area (Å²) in [6.07, 6.45) is 0.531. The van der Waals surface area contributed by atoms with Crippen LogP contribution in [0.1, 0.15) is 31.1 Å². The van der Waals surface area contributed by atoms with E-state index in [4.69, 9.17) is 20.8 Å². The lowest BCUT2D eigenvalue weighted by atomic mass is 10.1. The van der Waals surface area contributed by atoms with Crippen molar-refractivity contribution in [3.63, 3.8) is 0 Å². The standard InChI is InChI=1S/C23H23ClN4O4/c1-13(2)31-20-9-8-17(24)11-18(20)23-28-27-22(32-23)16-7-5-6-15(10-16)21(30)26-19(12-29)14(3)25-4/h5-13,25H,1-4H3,(H,26,30)/b19-14+. The average molecular weight is 455 g/mol. The molecule has 0 atom stereocenters. The highest BCUT2D eigenvalue weighted by Gasteiger charge is 2.18. The van der Waals surface area contributed by atoms with Crippen molar-refractivity contribution in [3.05, 3.63) is 64.4 Å². The molecular weight excluding hydrogens is 432 g/mol. The Morgan fingerprint density at radius 3 is 2.59 bits per heavy atom. The zero-order valence-corrected chi connectivity index (χ0v) is 18.9. The van der Waals surface area contributed by atoms with Gasteiger partial charge in [0.1, 0.15) is 11.4 Å². The van der Waals surface area contributed by atoms with Gasteiger partial charge in [-0.15, -0.1) is 10.2 Å². The average Bonchev–Trinajstić information content (AvgIpc) is 3.28. The van der Waals surface area contributed by atoms with Crippen molar-refractivity contribution >= 4 is 23.8 Å². The highest BCUT2D eigenvalue weighted by atomic mass is 35.5. The molecule has 0 aliphatic heterocycles. The SMILES string of the molecule is CN/C(C)=C(\C=O)NC(=O)c1cccc(-c2nnc(-c3cc(Cl)ccc3OC(C)C)o2)c1. The van der Waals surface area contributed by atoms with E-state index in [2.05, 4.69) is 20.8 Å². The number of carbonyl (C=O) groups is 2. The van der Waals surface area contributed by atoms with Crippen LogP contribution in [-0.2, 0) is 4.79 Å². The van der Waals surface area contributed by atoms with Gasteiger partial charge in [0.05, 0.1) is 11.7 Å². The van der Waals surface area contributed by atoms with Crippen molar-refractivity contribution in [2.24, 2.45) is 0 Å². The second kappa shape index (κ2) is 10.1. The van der Waals surface area contributed by atoms with Gasteiger partial charge >= 0.3 is 0 Å². The summed E-state index contributed by atoms with van der Waals surface area (Å²) in [7, 11) is 1.66. The summed E-state index contributed by atoms with van der Waals surface area (Å²) >= 11 is 6.15. The van der Waals surface area contributed by atoms with Crippen LogP contribution in [0.25, 0.3) is 22.9 Å². The number of hydrogen-bond donors (Lipinski definition) is 2. The van der Waals surface area contributed by atoms with E-state index in [1.165, 1.54) is 0 Å². The van der Waals surface area contributed by atoms with Gasteiger partial charge in [-0.3, -0.25) is 9.59 Å². The number of carbonyl (C=O) groups excluding carboxylic acids is 2. The molecule has 1 aromatic heterocycles. The monoisotopic (exact) mass is 454 g/mol. The number of allylic oxidation sites excluding steroid dienone is 2. The Balaban J connectivity index is 1.90. The van der Waals surface area contributed by atoms with E-state index < -0.39 is 5.91 Å². The van der Waals surface area contributed by atoms with E-state index >= 15 is 0 Å². The largest absolute Gasteiger partial charge is 0.490 e. The maximum atomic E-state index is 12.6. The zero-order valence-electron chi connectivity index (χ0n) is 18.1. The van der Waals surface area contributed by atoms with E-state index in [0.717, 1.165) is 0 Å². The molecule has 2 N–H and O–H groups in total. The molecule has 0 saturated heterocycles. The fourth-order valence-corrected chi connectivity index (χ4v) is 2.98. The van der Waals surface area contributed by atoms with Gasteiger partial charge in [0.2, 0.25) is 5.89 Å². The van der Waals surface area contributed by atoms with Crippen LogP contribution in [0.5, 0.6) is 5.75 Å². The van der Waals surface area contributed by atoms with Crippen molar-refractivity contribution in [1.29, 1.82) is 0 Å². The molecule has 3 rings (SSSR count). The molecule has 8 nitrogen and oxygen atoms in total. The first kappa shape index (κ1) is 23.0. The van der Waals surface area contributed by atoms with Gasteiger partial charge in [-0.25, -0.2) is 0 Å². The first-order valence-corrected chi connectivity index (χ1v) is 10.3. The first-order valence-electron chi connectivity index (χ1n) is 9.88. The van der Waals surface area contributed by atoms with E-state index in [1.54, 1.807) is 56.4 Å². The van der Waals surface area contributed by atoms with Crippen LogP contribution in [0.4, 0.5) is 0 Å². The Morgan fingerprint density at radius 1 is 1.16 bits per heavy atom. The van der Waals surface area contributed by atoms with Gasteiger partial charge in [0.15, 0.2) is 6.29 Å². The molecule has 2 aromatic carbocycles. The summed E-state index contributed by atoms with van der Waals surface area (Å²) in [5.41, 5.74) is 2.15. The number of hydrogen-bond acceptors (Lipinski definition) is 7. The molecule has 0 aliphatic rings. The van der Waals surface area contributed by atoms with Crippen LogP contribution in [0.15, 0.2) is 58.3 Å². The summed E-state index contributed by atoms with van der Waals surface area (Å²) in [4.78, 5) is 23.9. The van der Waals surface area contributed by atoms with Crippen molar-refractivity contribution in [3.8, 4) is 28.7 Å². The van der Waals surface area contributed by atoms with Gasteiger partial charge in [-0.05, 0) is 57.2 Å². The third kappa shape index (κ3) is 5.33. The Bertz CT molecular complexity index is 1170. The van der Waals surface area contributed by atoms with E-state index in [0.29, 0.717) is 39.4 Å². The van der Waals surface area contributed by atoms with Gasteiger partial charge in [-0.1, -0.05) is 17.7 Å². The number of amides is 1. The molecule has 166 valence electrons. The molecule has 0 saturated carbocycles. The summed E-state index contributed by atoms with van der Waals surface area (Å²) in [6, 6.07) is 11.8. The summed E-state index contributed by atoms with van der Waals surface area (Å²) in [5, 5.41) is 14.2. The van der Waals surface area contributed by atoms with Crippen LogP contribution in [0.3, 0.4) is 0 Å². The van der Waals surface area contributed by atoms with E-state index in [9.17, 15) is 9.59 Å². The van der Waals surface area contributed by atoms with Crippen LogP contribution in [0.2, 0.25) is 5.02 Å². The van der Waals surface area contributed by atoms with Gasteiger partial charge in [-0.2, -0.15) is 0 Å². The molecule has 1 heterocycles. The summed E-state index contributed by atoms with van der Waals surface area (Å²) < 4.78 is 11.7. The first-order chi connectivity index (χ1) is 15.3. The molecule has 9 heteroatoms. The third-order valence-electron chi connectivity index (χ3n) is 4.48. The minimum atomic E-state index is -0.439. The Hall–Kier alpha value is -3.65. The molecule has 32 heavy (non-hydrogen) atoms. The molecule has 0 radical (unpaired) electrons. The van der Waals surface area contributed by atoms with Crippen LogP contribution >= 0.6 is 11.6 Å². The number of aromatic nitrogens is 2. The van der Waals surface area contributed by atoms with Gasteiger partial charge in [0.25, 0.3) is 11.8 Å². The van der Waals surface area contributed by atoms with E-state index in [-0.39, 0.29) is 23.6 Å². The fourth-order valence-electron chi connectivity index (χ4n) is 2.81. The van der Waals surface area contributed by atoms with Crippen molar-refractivity contribution in [2.45, 2.75) is 26.9 Å². The number of aldehydes is 1. The molecule has 0 spiro atoms. The molecular formula is C23H23ClN4O4. The Kier molecular flexibility index (Phi) is 7.27. The molecule has 0 aliphatic carbocycles. The lowest BCUT2D eigenvalue weighted by Crippen LogP contribution is -2.26. The predicted octanol–water partition coefficient (Wildman–Crippen LogP) is 4.22. The molecule has 1 amide bonds. The number of rotatable bonds is 8. The predicted molar refractivity (Wildman–Crippen MR) is 121 cm³/mol. The number of nitrogens with one attached hydrogen (secondary N) is 2. The smallest absolute Gasteiger partial charge is 0.255 e. The molecule has 0 bridgehead atoms. The number of halogens is 1. The van der Waals surface area contributed by atoms with Crippen LogP contribution < -0.4 is 15.4 Å². The Labute approximate surface area is 190 Å². The normalized spacial score (nSPS) is 11.7. The second-order valence-corrected chi connectivity index (χ2v) is 7.60.